The summed E-state index contributed by atoms with van der Waals surface area (Å²) < 4.78 is 0. The molecule has 156 valence electrons. The molecule has 0 aromatic heterocycles. The summed E-state index contributed by atoms with van der Waals surface area (Å²) in [5.41, 5.74) is 5.88. The minimum atomic E-state index is -0.439. The maximum Gasteiger partial charge on any atom is 0.237 e. The summed E-state index contributed by atoms with van der Waals surface area (Å²) in [6.45, 7) is 4.36. The molecule has 0 spiro atoms. The Morgan fingerprint density at radius 3 is 1.69 bits per heavy atom. The molecule has 26 heavy (non-hydrogen) atoms. The molecule has 0 aliphatic carbocycles. The highest BCUT2D eigenvalue weighted by atomic mass is 16.3. The van der Waals surface area contributed by atoms with Crippen LogP contribution in [-0.4, -0.2) is 29.7 Å². The highest BCUT2D eigenvalue weighted by molar-refractivity contribution is 5.81. The van der Waals surface area contributed by atoms with Crippen molar-refractivity contribution in [3.8, 4) is 0 Å². The van der Waals surface area contributed by atoms with Gasteiger partial charge in [-0.1, -0.05) is 104 Å². The van der Waals surface area contributed by atoms with Crippen LogP contribution in [0.1, 0.15) is 117 Å². The van der Waals surface area contributed by atoms with Gasteiger partial charge in [0.1, 0.15) is 0 Å². The molecule has 0 saturated carbocycles. The molecular formula is C22H46N2O2. The lowest BCUT2D eigenvalue weighted by Crippen LogP contribution is -2.46. The van der Waals surface area contributed by atoms with Crippen molar-refractivity contribution in [2.45, 2.75) is 129 Å². The smallest absolute Gasteiger partial charge is 0.237 e. The largest absolute Gasteiger partial charge is 0.394 e. The van der Waals surface area contributed by atoms with Crippen LogP contribution in [-0.2, 0) is 4.79 Å². The first-order valence-corrected chi connectivity index (χ1v) is 11.3. The van der Waals surface area contributed by atoms with Crippen molar-refractivity contribution in [3.63, 3.8) is 0 Å². The van der Waals surface area contributed by atoms with Gasteiger partial charge < -0.3 is 16.2 Å². The first kappa shape index (κ1) is 25.4. The van der Waals surface area contributed by atoms with Gasteiger partial charge in [-0.3, -0.25) is 4.79 Å². The van der Waals surface area contributed by atoms with Gasteiger partial charge in [0.25, 0.3) is 0 Å². The number of aliphatic hydroxyl groups excluding tert-OH is 1. The number of hydrogen-bond acceptors (Lipinski definition) is 3. The van der Waals surface area contributed by atoms with Crippen molar-refractivity contribution in [3.05, 3.63) is 0 Å². The molecular weight excluding hydrogens is 324 g/mol. The van der Waals surface area contributed by atoms with Gasteiger partial charge in [-0.25, -0.2) is 0 Å². The summed E-state index contributed by atoms with van der Waals surface area (Å²) in [7, 11) is 0. The number of hydrogen-bond donors (Lipinski definition) is 3. The van der Waals surface area contributed by atoms with Crippen molar-refractivity contribution in [1.29, 1.82) is 0 Å². The van der Waals surface area contributed by atoms with Gasteiger partial charge in [-0.2, -0.15) is 0 Å². The lowest BCUT2D eigenvalue weighted by Gasteiger charge is -2.19. The van der Waals surface area contributed by atoms with E-state index in [2.05, 4.69) is 19.2 Å². The summed E-state index contributed by atoms with van der Waals surface area (Å²) in [5, 5.41) is 12.4. The third-order valence-electron chi connectivity index (χ3n) is 5.18. The average molecular weight is 371 g/mol. The summed E-state index contributed by atoms with van der Waals surface area (Å²) in [4.78, 5) is 12.0. The molecule has 0 aromatic carbocycles. The SMILES string of the molecule is CCCCCCCCCCCCCCC(CO)NC(=O)[C@@H](N)CCCC. The average Bonchev–Trinajstić information content (AvgIpc) is 2.65. The predicted octanol–water partition coefficient (Wildman–Crippen LogP) is 5.07. The molecule has 4 nitrogen and oxygen atoms in total. The Bertz CT molecular complexity index is 311. The molecule has 2 atom stereocenters. The minimum Gasteiger partial charge on any atom is -0.394 e. The normalized spacial score (nSPS) is 13.5. The zero-order valence-corrected chi connectivity index (χ0v) is 17.6. The molecule has 0 bridgehead atoms. The maximum atomic E-state index is 12.0. The summed E-state index contributed by atoms with van der Waals surface area (Å²) >= 11 is 0. The second kappa shape index (κ2) is 19.2. The first-order chi connectivity index (χ1) is 12.7. The number of nitrogens with two attached hydrogens (primary N) is 1. The van der Waals surface area contributed by atoms with Gasteiger partial charge in [-0.15, -0.1) is 0 Å². The number of carbonyl (C=O) groups excluding carboxylic acids is 1. The van der Waals surface area contributed by atoms with E-state index in [-0.39, 0.29) is 18.6 Å². The van der Waals surface area contributed by atoms with E-state index in [1.54, 1.807) is 0 Å². The van der Waals surface area contributed by atoms with Gasteiger partial charge in [0, 0.05) is 0 Å². The highest BCUT2D eigenvalue weighted by Gasteiger charge is 2.16. The monoisotopic (exact) mass is 370 g/mol. The number of amides is 1. The third-order valence-corrected chi connectivity index (χ3v) is 5.18. The van der Waals surface area contributed by atoms with E-state index in [4.69, 9.17) is 5.73 Å². The number of carbonyl (C=O) groups is 1. The number of unbranched alkanes of at least 4 members (excludes halogenated alkanes) is 12. The van der Waals surface area contributed by atoms with Crippen LogP contribution in [0.4, 0.5) is 0 Å². The van der Waals surface area contributed by atoms with E-state index < -0.39 is 6.04 Å². The zero-order chi connectivity index (χ0) is 19.5. The predicted molar refractivity (Wildman–Crippen MR) is 112 cm³/mol. The molecule has 0 radical (unpaired) electrons. The van der Waals surface area contributed by atoms with Gasteiger partial charge in [0.05, 0.1) is 18.7 Å². The molecule has 4 heteroatoms. The van der Waals surface area contributed by atoms with Crippen molar-refractivity contribution in [2.24, 2.45) is 5.73 Å². The van der Waals surface area contributed by atoms with E-state index in [1.165, 1.54) is 70.6 Å². The van der Waals surface area contributed by atoms with E-state index >= 15 is 0 Å². The zero-order valence-electron chi connectivity index (χ0n) is 17.6. The highest BCUT2D eigenvalue weighted by Crippen LogP contribution is 2.13. The fourth-order valence-corrected chi connectivity index (χ4v) is 3.30. The van der Waals surface area contributed by atoms with Crippen LogP contribution in [0.15, 0.2) is 0 Å². The number of rotatable bonds is 19. The first-order valence-electron chi connectivity index (χ1n) is 11.3. The van der Waals surface area contributed by atoms with Crippen LogP contribution in [0.2, 0.25) is 0 Å². The van der Waals surface area contributed by atoms with Crippen LogP contribution >= 0.6 is 0 Å². The minimum absolute atomic E-state index is 0.00424. The van der Waals surface area contributed by atoms with Crippen LogP contribution < -0.4 is 11.1 Å². The van der Waals surface area contributed by atoms with Crippen LogP contribution in [0.5, 0.6) is 0 Å². The van der Waals surface area contributed by atoms with Crippen molar-refractivity contribution in [1.82, 2.24) is 5.32 Å². The quantitative estimate of drug-likeness (QED) is 0.278. The van der Waals surface area contributed by atoms with Crippen molar-refractivity contribution in [2.75, 3.05) is 6.61 Å². The van der Waals surface area contributed by atoms with Crippen LogP contribution in [0.3, 0.4) is 0 Å². The van der Waals surface area contributed by atoms with Crippen molar-refractivity contribution < 1.29 is 9.90 Å². The van der Waals surface area contributed by atoms with Gasteiger partial charge in [0.15, 0.2) is 0 Å². The van der Waals surface area contributed by atoms with Crippen LogP contribution in [0, 0.1) is 0 Å². The number of nitrogens with one attached hydrogen (secondary N) is 1. The molecule has 0 aromatic rings. The molecule has 0 rings (SSSR count). The maximum absolute atomic E-state index is 12.0. The molecule has 4 N–H and O–H groups in total. The molecule has 0 heterocycles. The number of aliphatic hydroxyl groups is 1. The van der Waals surface area contributed by atoms with Gasteiger partial charge in [0.2, 0.25) is 5.91 Å². The lowest BCUT2D eigenvalue weighted by molar-refractivity contribution is -0.123. The second-order valence-electron chi connectivity index (χ2n) is 7.81. The Balaban J connectivity index is 3.52. The topological polar surface area (TPSA) is 75.3 Å². The van der Waals surface area contributed by atoms with Gasteiger partial charge >= 0.3 is 0 Å². The Morgan fingerprint density at radius 2 is 1.23 bits per heavy atom. The van der Waals surface area contributed by atoms with E-state index in [0.29, 0.717) is 0 Å². The Morgan fingerprint density at radius 1 is 0.769 bits per heavy atom. The van der Waals surface area contributed by atoms with Gasteiger partial charge in [-0.05, 0) is 12.8 Å². The summed E-state index contributed by atoms with van der Waals surface area (Å²) in [5.74, 6) is -0.114. The lowest BCUT2D eigenvalue weighted by atomic mass is 10.0. The molecule has 1 unspecified atom stereocenters. The molecule has 0 aliphatic rings. The van der Waals surface area contributed by atoms with E-state index in [1.807, 2.05) is 0 Å². The van der Waals surface area contributed by atoms with Crippen molar-refractivity contribution >= 4 is 5.91 Å². The molecule has 1 amide bonds. The fraction of sp³-hybridized carbons (Fsp3) is 0.955. The third kappa shape index (κ3) is 15.6. The Hall–Kier alpha value is -0.610. The summed E-state index contributed by atoms with van der Waals surface area (Å²) in [6.07, 6.45) is 19.4. The standard InChI is InChI=1S/C22H46N2O2/c1-3-5-7-8-9-10-11-12-13-14-15-16-17-20(19-25)24-22(26)21(23)18-6-4-2/h20-21,25H,3-19,23H2,1-2H3,(H,24,26)/t20?,21-/m0/s1. The molecule has 0 saturated heterocycles. The Kier molecular flexibility index (Phi) is 18.7. The molecule has 0 aliphatic heterocycles. The van der Waals surface area contributed by atoms with E-state index in [9.17, 15) is 9.90 Å². The summed E-state index contributed by atoms with van der Waals surface area (Å²) in [6, 6.07) is -0.579. The second-order valence-corrected chi connectivity index (χ2v) is 7.81. The fourth-order valence-electron chi connectivity index (χ4n) is 3.30. The van der Waals surface area contributed by atoms with E-state index in [0.717, 1.165) is 32.1 Å². The molecule has 0 fully saturated rings. The Labute approximate surface area is 162 Å². The van der Waals surface area contributed by atoms with Crippen LogP contribution in [0.25, 0.3) is 0 Å².